The topological polar surface area (TPSA) is 9.23 Å². The highest BCUT2D eigenvalue weighted by atomic mass is 79.9. The third-order valence-corrected chi connectivity index (χ3v) is 4.40. The Hall–Kier alpha value is -0.340. The lowest BCUT2D eigenvalue weighted by Gasteiger charge is -2.24. The number of benzene rings is 1. The smallest absolute Gasteiger partial charge is 0.0921 e. The van der Waals surface area contributed by atoms with Gasteiger partial charge in [0.2, 0.25) is 0 Å². The second-order valence-electron chi connectivity index (χ2n) is 5.39. The van der Waals surface area contributed by atoms with E-state index in [2.05, 4.69) is 47.1 Å². The number of rotatable bonds is 5. The van der Waals surface area contributed by atoms with Crippen LogP contribution in [0.5, 0.6) is 0 Å². The molecule has 1 aromatic carbocycles. The molecule has 2 heteroatoms. The molecule has 0 saturated heterocycles. The standard InChI is InChI=1S/C16H23BrO/c1-13-6-5-9-15(10-13)16(11-17)18-12-14-7-3-2-4-8-14/h5-6,9-10,14,16H,2-4,7-8,11-12H2,1H3. The molecule has 0 aliphatic heterocycles. The Morgan fingerprint density at radius 2 is 2.06 bits per heavy atom. The molecule has 1 aliphatic carbocycles. The summed E-state index contributed by atoms with van der Waals surface area (Å²) < 4.78 is 6.12. The van der Waals surface area contributed by atoms with Gasteiger partial charge in [0.1, 0.15) is 0 Å². The first-order chi connectivity index (χ1) is 8.79. The second kappa shape index (κ2) is 7.30. The van der Waals surface area contributed by atoms with Gasteiger partial charge in [-0.05, 0) is 31.2 Å². The number of alkyl halides is 1. The van der Waals surface area contributed by atoms with Crippen molar-refractivity contribution in [1.29, 1.82) is 0 Å². The Labute approximate surface area is 119 Å². The molecule has 1 aliphatic rings. The average molecular weight is 311 g/mol. The van der Waals surface area contributed by atoms with Gasteiger partial charge in [0.15, 0.2) is 0 Å². The molecule has 0 spiro atoms. The van der Waals surface area contributed by atoms with Gasteiger partial charge in [-0.15, -0.1) is 0 Å². The molecule has 0 radical (unpaired) electrons. The molecule has 1 nitrogen and oxygen atoms in total. The second-order valence-corrected chi connectivity index (χ2v) is 6.04. The van der Waals surface area contributed by atoms with E-state index in [1.807, 2.05) is 0 Å². The van der Waals surface area contributed by atoms with Crippen molar-refractivity contribution in [2.45, 2.75) is 45.1 Å². The highest BCUT2D eigenvalue weighted by Crippen LogP contribution is 2.27. The van der Waals surface area contributed by atoms with Gasteiger partial charge in [0.25, 0.3) is 0 Å². The molecule has 1 fully saturated rings. The zero-order valence-corrected chi connectivity index (χ0v) is 12.8. The van der Waals surface area contributed by atoms with Gasteiger partial charge in [-0.1, -0.05) is 65.0 Å². The molecule has 2 rings (SSSR count). The first-order valence-corrected chi connectivity index (χ1v) is 8.16. The molecule has 0 heterocycles. The quantitative estimate of drug-likeness (QED) is 0.693. The lowest BCUT2D eigenvalue weighted by Crippen LogP contribution is -2.16. The summed E-state index contributed by atoms with van der Waals surface area (Å²) in [6.07, 6.45) is 7.09. The van der Waals surface area contributed by atoms with Crippen LogP contribution >= 0.6 is 15.9 Å². The molecule has 0 N–H and O–H groups in total. The Morgan fingerprint density at radius 3 is 2.72 bits per heavy atom. The monoisotopic (exact) mass is 310 g/mol. The van der Waals surface area contributed by atoms with Crippen LogP contribution in [0.3, 0.4) is 0 Å². The van der Waals surface area contributed by atoms with Gasteiger partial charge in [-0.25, -0.2) is 0 Å². The summed E-state index contributed by atoms with van der Waals surface area (Å²) >= 11 is 3.58. The number of halogens is 1. The number of aryl methyl sites for hydroxylation is 1. The minimum atomic E-state index is 0.201. The predicted molar refractivity (Wildman–Crippen MR) is 80.2 cm³/mol. The highest BCUT2D eigenvalue weighted by molar-refractivity contribution is 9.09. The van der Waals surface area contributed by atoms with Crippen LogP contribution in [0.2, 0.25) is 0 Å². The third kappa shape index (κ3) is 4.10. The van der Waals surface area contributed by atoms with E-state index in [9.17, 15) is 0 Å². The Kier molecular flexibility index (Phi) is 5.71. The van der Waals surface area contributed by atoms with E-state index in [1.54, 1.807) is 0 Å². The van der Waals surface area contributed by atoms with Crippen molar-refractivity contribution in [3.63, 3.8) is 0 Å². The van der Waals surface area contributed by atoms with E-state index in [1.165, 1.54) is 43.2 Å². The van der Waals surface area contributed by atoms with Crippen molar-refractivity contribution >= 4 is 15.9 Å². The summed E-state index contributed by atoms with van der Waals surface area (Å²) in [6, 6.07) is 8.65. The zero-order valence-electron chi connectivity index (χ0n) is 11.2. The minimum Gasteiger partial charge on any atom is -0.372 e. The summed E-state index contributed by atoms with van der Waals surface area (Å²) in [6.45, 7) is 3.06. The molecule has 0 aromatic heterocycles. The lowest BCUT2D eigenvalue weighted by molar-refractivity contribution is 0.0335. The van der Waals surface area contributed by atoms with Crippen LogP contribution in [0.4, 0.5) is 0 Å². The van der Waals surface area contributed by atoms with Gasteiger partial charge >= 0.3 is 0 Å². The van der Waals surface area contributed by atoms with E-state index in [0.717, 1.165) is 17.9 Å². The van der Waals surface area contributed by atoms with Crippen LogP contribution in [0, 0.1) is 12.8 Å². The molecular formula is C16H23BrO. The predicted octanol–water partition coefficient (Wildman–Crippen LogP) is 5.03. The van der Waals surface area contributed by atoms with Gasteiger partial charge in [-0.3, -0.25) is 0 Å². The fraction of sp³-hybridized carbons (Fsp3) is 0.625. The van der Waals surface area contributed by atoms with E-state index >= 15 is 0 Å². The van der Waals surface area contributed by atoms with Crippen LogP contribution < -0.4 is 0 Å². The van der Waals surface area contributed by atoms with Crippen LogP contribution in [-0.4, -0.2) is 11.9 Å². The molecule has 0 amide bonds. The van der Waals surface area contributed by atoms with E-state index in [0.29, 0.717) is 0 Å². The number of ether oxygens (including phenoxy) is 1. The van der Waals surface area contributed by atoms with Crippen molar-refractivity contribution in [2.75, 3.05) is 11.9 Å². The highest BCUT2D eigenvalue weighted by Gasteiger charge is 2.17. The van der Waals surface area contributed by atoms with Gasteiger partial charge in [-0.2, -0.15) is 0 Å². The van der Waals surface area contributed by atoms with Crippen LogP contribution in [0.1, 0.15) is 49.3 Å². The van der Waals surface area contributed by atoms with E-state index < -0.39 is 0 Å². The van der Waals surface area contributed by atoms with Crippen molar-refractivity contribution < 1.29 is 4.74 Å². The maximum Gasteiger partial charge on any atom is 0.0921 e. The largest absolute Gasteiger partial charge is 0.372 e. The molecule has 100 valence electrons. The average Bonchev–Trinajstić information content (AvgIpc) is 2.41. The van der Waals surface area contributed by atoms with E-state index in [4.69, 9.17) is 4.74 Å². The summed E-state index contributed by atoms with van der Waals surface area (Å²) in [7, 11) is 0. The fourth-order valence-corrected chi connectivity index (χ4v) is 3.27. The van der Waals surface area contributed by atoms with Crippen LogP contribution in [0.15, 0.2) is 24.3 Å². The van der Waals surface area contributed by atoms with E-state index in [-0.39, 0.29) is 6.10 Å². The van der Waals surface area contributed by atoms with Gasteiger partial charge < -0.3 is 4.74 Å². The van der Waals surface area contributed by atoms with Gasteiger partial charge in [0.05, 0.1) is 12.7 Å². The third-order valence-electron chi connectivity index (χ3n) is 3.81. The molecule has 1 saturated carbocycles. The molecule has 0 bridgehead atoms. The summed E-state index contributed by atoms with van der Waals surface area (Å²) in [5, 5.41) is 0.878. The summed E-state index contributed by atoms with van der Waals surface area (Å²) in [5.74, 6) is 0.783. The first kappa shape index (κ1) is 14.1. The number of hydrogen-bond acceptors (Lipinski definition) is 1. The van der Waals surface area contributed by atoms with Crippen LogP contribution in [0.25, 0.3) is 0 Å². The van der Waals surface area contributed by atoms with Crippen molar-refractivity contribution in [2.24, 2.45) is 5.92 Å². The van der Waals surface area contributed by atoms with Crippen molar-refractivity contribution in [3.8, 4) is 0 Å². The molecule has 1 atom stereocenters. The number of hydrogen-bond donors (Lipinski definition) is 0. The zero-order chi connectivity index (χ0) is 12.8. The Morgan fingerprint density at radius 1 is 1.28 bits per heavy atom. The first-order valence-electron chi connectivity index (χ1n) is 7.03. The van der Waals surface area contributed by atoms with Crippen molar-refractivity contribution in [1.82, 2.24) is 0 Å². The van der Waals surface area contributed by atoms with Crippen LogP contribution in [-0.2, 0) is 4.74 Å². The fourth-order valence-electron chi connectivity index (χ4n) is 2.71. The molecular weight excluding hydrogens is 288 g/mol. The molecule has 1 aromatic rings. The molecule has 1 unspecified atom stereocenters. The summed E-state index contributed by atoms with van der Waals surface area (Å²) in [4.78, 5) is 0. The normalized spacial score (nSPS) is 18.8. The molecule has 18 heavy (non-hydrogen) atoms. The Balaban J connectivity index is 1.88. The van der Waals surface area contributed by atoms with Gasteiger partial charge in [0, 0.05) is 5.33 Å². The minimum absolute atomic E-state index is 0.201. The van der Waals surface area contributed by atoms with Crippen molar-refractivity contribution in [3.05, 3.63) is 35.4 Å². The Bertz CT molecular complexity index is 358. The maximum atomic E-state index is 6.12. The lowest BCUT2D eigenvalue weighted by atomic mass is 9.90. The SMILES string of the molecule is Cc1cccc(C(CBr)OCC2CCCCC2)c1. The summed E-state index contributed by atoms with van der Waals surface area (Å²) in [5.41, 5.74) is 2.60. The maximum absolute atomic E-state index is 6.12.